The first-order valence-electron chi connectivity index (χ1n) is 3.85. The van der Waals surface area contributed by atoms with E-state index in [0.717, 1.165) is 11.5 Å². The van der Waals surface area contributed by atoms with Gasteiger partial charge in [0.25, 0.3) is 0 Å². The van der Waals surface area contributed by atoms with Gasteiger partial charge in [-0.05, 0) is 19.1 Å². The van der Waals surface area contributed by atoms with Crippen molar-refractivity contribution in [3.63, 3.8) is 0 Å². The first-order chi connectivity index (χ1) is 5.88. The van der Waals surface area contributed by atoms with Gasteiger partial charge in [0.1, 0.15) is 12.0 Å². The molecule has 1 heterocycles. The van der Waals surface area contributed by atoms with Crippen LogP contribution in [0.3, 0.4) is 0 Å². The molecule has 12 heavy (non-hydrogen) atoms. The Labute approximate surface area is 71.5 Å². The fraction of sp³-hybridized carbons (Fsp3) is 0.100. The lowest BCUT2D eigenvalue weighted by Gasteiger charge is -2.02. The van der Waals surface area contributed by atoms with Gasteiger partial charge >= 0.3 is 0 Å². The lowest BCUT2D eigenvalue weighted by atomic mass is 10.3. The van der Waals surface area contributed by atoms with Gasteiger partial charge in [-0.15, -0.1) is 0 Å². The number of hydrogen-bond acceptors (Lipinski definition) is 1. The van der Waals surface area contributed by atoms with E-state index in [1.54, 1.807) is 0 Å². The number of hydrogen-bond donors (Lipinski definition) is 0. The number of para-hydroxylation sites is 1. The van der Waals surface area contributed by atoms with Gasteiger partial charge in [0, 0.05) is 11.9 Å². The summed E-state index contributed by atoms with van der Waals surface area (Å²) in [7, 11) is 0. The second-order valence-electron chi connectivity index (χ2n) is 2.62. The van der Waals surface area contributed by atoms with Crippen LogP contribution in [0.5, 0.6) is 0 Å². The van der Waals surface area contributed by atoms with Gasteiger partial charge < -0.3 is 4.57 Å². The first kappa shape index (κ1) is 7.10. The summed E-state index contributed by atoms with van der Waals surface area (Å²) in [5, 5.41) is 0. The second kappa shape index (κ2) is 2.81. The maximum atomic E-state index is 4.03. The molecule has 0 atom stereocenters. The molecule has 0 aliphatic carbocycles. The summed E-state index contributed by atoms with van der Waals surface area (Å²) in [5.41, 5.74) is 1.13. The Hall–Kier alpha value is -1.57. The van der Waals surface area contributed by atoms with Crippen LogP contribution < -0.4 is 0 Å². The summed E-state index contributed by atoms with van der Waals surface area (Å²) in [6, 6.07) is 10.1. The van der Waals surface area contributed by atoms with Crippen LogP contribution in [-0.4, -0.2) is 9.55 Å². The Bertz CT molecular complexity index is 362. The van der Waals surface area contributed by atoms with Crippen molar-refractivity contribution in [2.24, 2.45) is 0 Å². The molecule has 0 fully saturated rings. The molecule has 0 unspecified atom stereocenters. The third-order valence-electron chi connectivity index (χ3n) is 1.80. The molecule has 2 nitrogen and oxygen atoms in total. The standard InChI is InChI=1S/C10H9N2/c1-9-11-7-8-12(9)10-5-3-2-4-6-10/h2-6,8H,1H3. The molecule has 0 bridgehead atoms. The zero-order chi connectivity index (χ0) is 8.39. The van der Waals surface area contributed by atoms with E-state index in [1.165, 1.54) is 0 Å². The summed E-state index contributed by atoms with van der Waals surface area (Å²) in [5.74, 6) is 0.959. The van der Waals surface area contributed by atoms with Crippen molar-refractivity contribution >= 4 is 0 Å². The van der Waals surface area contributed by atoms with Crippen LogP contribution in [0.4, 0.5) is 0 Å². The quantitative estimate of drug-likeness (QED) is 0.619. The smallest absolute Gasteiger partial charge is 0.110 e. The third-order valence-corrected chi connectivity index (χ3v) is 1.80. The van der Waals surface area contributed by atoms with Gasteiger partial charge in [0.05, 0.1) is 0 Å². The van der Waals surface area contributed by atoms with Crippen molar-refractivity contribution in [2.45, 2.75) is 6.92 Å². The van der Waals surface area contributed by atoms with Crippen LogP contribution in [0, 0.1) is 13.1 Å². The SMILES string of the molecule is Cc1n[c]cn1-c1ccccc1. The molecular weight excluding hydrogens is 148 g/mol. The predicted molar refractivity (Wildman–Crippen MR) is 47.1 cm³/mol. The topological polar surface area (TPSA) is 17.8 Å². The van der Waals surface area contributed by atoms with E-state index in [4.69, 9.17) is 0 Å². The zero-order valence-corrected chi connectivity index (χ0v) is 6.86. The summed E-state index contributed by atoms with van der Waals surface area (Å²) in [6.45, 7) is 1.96. The number of benzene rings is 1. The molecule has 0 saturated carbocycles. The van der Waals surface area contributed by atoms with Gasteiger partial charge in [-0.1, -0.05) is 18.2 Å². The lowest BCUT2D eigenvalue weighted by molar-refractivity contribution is 0.975. The summed E-state index contributed by atoms with van der Waals surface area (Å²) < 4.78 is 2.00. The molecule has 2 rings (SSSR count). The summed E-state index contributed by atoms with van der Waals surface area (Å²) >= 11 is 0. The van der Waals surface area contributed by atoms with Crippen LogP contribution in [-0.2, 0) is 0 Å². The molecule has 1 aromatic heterocycles. The van der Waals surface area contributed by atoms with Crippen LogP contribution in [0.1, 0.15) is 5.82 Å². The van der Waals surface area contributed by atoms with E-state index in [9.17, 15) is 0 Å². The molecule has 0 N–H and O–H groups in total. The Morgan fingerprint density at radius 3 is 2.58 bits per heavy atom. The van der Waals surface area contributed by atoms with Crippen molar-refractivity contribution in [3.8, 4) is 5.69 Å². The molecule has 2 aromatic rings. The monoisotopic (exact) mass is 157 g/mol. The van der Waals surface area contributed by atoms with Gasteiger partial charge in [-0.3, -0.25) is 0 Å². The number of aromatic nitrogens is 2. The average Bonchev–Trinajstić information content (AvgIpc) is 2.53. The highest BCUT2D eigenvalue weighted by molar-refractivity contribution is 5.32. The normalized spacial score (nSPS) is 10.1. The lowest BCUT2D eigenvalue weighted by Crippen LogP contribution is -1.93. The molecule has 0 aliphatic heterocycles. The summed E-state index contributed by atoms with van der Waals surface area (Å²) in [4.78, 5) is 4.03. The van der Waals surface area contributed by atoms with E-state index in [0.29, 0.717) is 0 Å². The van der Waals surface area contributed by atoms with Gasteiger partial charge in [-0.2, -0.15) is 0 Å². The molecule has 0 saturated heterocycles. The summed E-state index contributed by atoms with van der Waals surface area (Å²) in [6.07, 6.45) is 4.65. The van der Waals surface area contributed by atoms with E-state index in [2.05, 4.69) is 11.2 Å². The van der Waals surface area contributed by atoms with E-state index >= 15 is 0 Å². The van der Waals surface area contributed by atoms with Gasteiger partial charge in [0.15, 0.2) is 0 Å². The van der Waals surface area contributed by atoms with Crippen molar-refractivity contribution in [2.75, 3.05) is 0 Å². The van der Waals surface area contributed by atoms with Crippen molar-refractivity contribution < 1.29 is 0 Å². The van der Waals surface area contributed by atoms with Crippen LogP contribution in [0.15, 0.2) is 36.5 Å². The minimum absolute atomic E-state index is 0.959. The van der Waals surface area contributed by atoms with Crippen molar-refractivity contribution in [3.05, 3.63) is 48.5 Å². The molecule has 0 spiro atoms. The van der Waals surface area contributed by atoms with Gasteiger partial charge in [0.2, 0.25) is 0 Å². The number of aryl methyl sites for hydroxylation is 1. The highest BCUT2D eigenvalue weighted by atomic mass is 15.1. The highest BCUT2D eigenvalue weighted by Gasteiger charge is 1.97. The minimum atomic E-state index is 0.959. The minimum Gasteiger partial charge on any atom is -0.303 e. The second-order valence-corrected chi connectivity index (χ2v) is 2.62. The first-order valence-corrected chi connectivity index (χ1v) is 3.85. The fourth-order valence-corrected chi connectivity index (χ4v) is 1.18. The van der Waals surface area contributed by atoms with E-state index in [-0.39, 0.29) is 0 Å². The number of rotatable bonds is 1. The number of nitrogens with zero attached hydrogens (tertiary/aromatic N) is 2. The van der Waals surface area contributed by atoms with E-state index in [1.807, 2.05) is 48.0 Å². The largest absolute Gasteiger partial charge is 0.303 e. The Kier molecular flexibility index (Phi) is 1.67. The Morgan fingerprint density at radius 1 is 1.25 bits per heavy atom. The maximum Gasteiger partial charge on any atom is 0.110 e. The molecule has 1 aromatic carbocycles. The Balaban J connectivity index is 2.51. The highest BCUT2D eigenvalue weighted by Crippen LogP contribution is 2.07. The van der Waals surface area contributed by atoms with Crippen molar-refractivity contribution in [1.29, 1.82) is 0 Å². The van der Waals surface area contributed by atoms with Crippen LogP contribution in [0.2, 0.25) is 0 Å². The molecule has 2 heteroatoms. The molecule has 0 amide bonds. The van der Waals surface area contributed by atoms with Crippen LogP contribution in [0.25, 0.3) is 5.69 Å². The van der Waals surface area contributed by atoms with Crippen LogP contribution >= 0.6 is 0 Å². The zero-order valence-electron chi connectivity index (χ0n) is 6.86. The molecule has 1 radical (unpaired) electrons. The van der Waals surface area contributed by atoms with E-state index < -0.39 is 0 Å². The Morgan fingerprint density at radius 2 is 2.00 bits per heavy atom. The predicted octanol–water partition coefficient (Wildman–Crippen LogP) is 1.98. The molecule has 0 aliphatic rings. The fourth-order valence-electron chi connectivity index (χ4n) is 1.18. The maximum absolute atomic E-state index is 4.03. The molecular formula is C10H9N2. The molecule has 59 valence electrons. The van der Waals surface area contributed by atoms with Gasteiger partial charge in [-0.25, -0.2) is 4.98 Å². The van der Waals surface area contributed by atoms with Crippen molar-refractivity contribution in [1.82, 2.24) is 9.55 Å². The number of imidazole rings is 1. The average molecular weight is 157 g/mol. The third kappa shape index (κ3) is 1.11.